The monoisotopic (exact) mass is 321 g/mol. The highest BCUT2D eigenvalue weighted by Gasteiger charge is 2.18. The number of rotatable bonds is 5. The second kappa shape index (κ2) is 7.10. The summed E-state index contributed by atoms with van der Waals surface area (Å²) in [6.07, 6.45) is 0.695. The van der Waals surface area contributed by atoms with E-state index in [4.69, 9.17) is 0 Å². The predicted octanol–water partition coefficient (Wildman–Crippen LogP) is 2.44. The van der Waals surface area contributed by atoms with Crippen molar-refractivity contribution >= 4 is 5.91 Å². The Kier molecular flexibility index (Phi) is 4.72. The number of aliphatic hydroxyl groups excluding tert-OH is 1. The lowest BCUT2D eigenvalue weighted by atomic mass is 10.1. The molecule has 24 heavy (non-hydrogen) atoms. The number of aliphatic hydroxyl groups is 1. The van der Waals surface area contributed by atoms with Crippen LogP contribution >= 0.6 is 0 Å². The number of nitrogens with one attached hydrogen (secondary N) is 1. The minimum absolute atomic E-state index is 0.306. The molecule has 1 aromatic heterocycles. The normalized spacial score (nSPS) is 11.9. The minimum atomic E-state index is -1.18. The third-order valence-electron chi connectivity index (χ3n) is 3.77. The van der Waals surface area contributed by atoms with Gasteiger partial charge in [0.1, 0.15) is 0 Å². The van der Waals surface area contributed by atoms with E-state index >= 15 is 0 Å². The van der Waals surface area contributed by atoms with E-state index in [1.165, 1.54) is 0 Å². The van der Waals surface area contributed by atoms with Crippen LogP contribution in [0.1, 0.15) is 17.2 Å². The van der Waals surface area contributed by atoms with Crippen LogP contribution in [0.25, 0.3) is 11.3 Å². The first-order valence-corrected chi connectivity index (χ1v) is 7.74. The first-order chi connectivity index (χ1) is 11.6. The molecule has 0 radical (unpaired) electrons. The topological polar surface area (TPSA) is 67.2 Å². The number of aryl methyl sites for hydroxylation is 1. The molecular formula is C19H19N3O2. The van der Waals surface area contributed by atoms with Gasteiger partial charge in [-0.15, -0.1) is 0 Å². The fraction of sp³-hybridized carbons (Fsp3) is 0.158. The number of carbonyl (C=O) groups excluding carboxylic acids is 1. The first-order valence-electron chi connectivity index (χ1n) is 7.74. The smallest absolute Gasteiger partial charge is 0.253 e. The summed E-state index contributed by atoms with van der Waals surface area (Å²) in [5, 5.41) is 17.4. The predicted molar refractivity (Wildman–Crippen MR) is 91.9 cm³/mol. The Labute approximate surface area is 140 Å². The van der Waals surface area contributed by atoms with Crippen LogP contribution in [0.4, 0.5) is 0 Å². The summed E-state index contributed by atoms with van der Waals surface area (Å²) in [6.45, 7) is 0.306. The first kappa shape index (κ1) is 16.0. The Morgan fingerprint density at radius 3 is 2.42 bits per heavy atom. The maximum absolute atomic E-state index is 12.2. The molecule has 2 aromatic carbocycles. The van der Waals surface area contributed by atoms with Gasteiger partial charge in [0.05, 0.1) is 5.69 Å². The number of carbonyl (C=O) groups is 1. The van der Waals surface area contributed by atoms with E-state index in [1.807, 2.05) is 49.6 Å². The van der Waals surface area contributed by atoms with Crippen molar-refractivity contribution in [2.45, 2.75) is 12.6 Å². The fourth-order valence-corrected chi connectivity index (χ4v) is 2.57. The number of hydrogen-bond acceptors (Lipinski definition) is 3. The molecule has 5 nitrogen and oxygen atoms in total. The van der Waals surface area contributed by atoms with Crippen LogP contribution in [-0.2, 0) is 18.4 Å². The van der Waals surface area contributed by atoms with E-state index in [0.717, 1.165) is 16.8 Å². The number of amides is 1. The average molecular weight is 321 g/mol. The van der Waals surface area contributed by atoms with Crippen LogP contribution in [0, 0.1) is 0 Å². The molecule has 0 aliphatic heterocycles. The van der Waals surface area contributed by atoms with Crippen molar-refractivity contribution in [2.24, 2.45) is 7.05 Å². The average Bonchev–Trinajstić information content (AvgIpc) is 3.01. The molecule has 122 valence electrons. The Balaban J connectivity index is 1.72. The van der Waals surface area contributed by atoms with Gasteiger partial charge in [-0.05, 0) is 5.56 Å². The van der Waals surface area contributed by atoms with Gasteiger partial charge in [0.25, 0.3) is 5.91 Å². The minimum Gasteiger partial charge on any atom is -0.378 e. The van der Waals surface area contributed by atoms with Gasteiger partial charge >= 0.3 is 0 Å². The van der Waals surface area contributed by atoms with Gasteiger partial charge in [-0.1, -0.05) is 60.7 Å². The van der Waals surface area contributed by atoms with E-state index in [1.54, 1.807) is 28.9 Å². The van der Waals surface area contributed by atoms with E-state index in [2.05, 4.69) is 10.4 Å². The van der Waals surface area contributed by atoms with Crippen LogP contribution in [0.5, 0.6) is 0 Å². The summed E-state index contributed by atoms with van der Waals surface area (Å²) >= 11 is 0. The number of hydrogen-bond donors (Lipinski definition) is 2. The van der Waals surface area contributed by atoms with Crippen molar-refractivity contribution in [3.8, 4) is 11.3 Å². The summed E-state index contributed by atoms with van der Waals surface area (Å²) in [5.74, 6) is -0.427. The van der Waals surface area contributed by atoms with Gasteiger partial charge in [-0.25, -0.2) is 0 Å². The quantitative estimate of drug-likeness (QED) is 0.758. The summed E-state index contributed by atoms with van der Waals surface area (Å²) in [6, 6.07) is 18.7. The molecule has 0 unspecified atom stereocenters. The Bertz CT molecular complexity index is 813. The molecule has 0 aliphatic rings. The number of aromatic nitrogens is 2. The maximum atomic E-state index is 12.2. The summed E-state index contributed by atoms with van der Waals surface area (Å²) in [5.41, 5.74) is 3.29. The molecule has 3 rings (SSSR count). The molecule has 0 fully saturated rings. The molecule has 3 aromatic rings. The summed E-state index contributed by atoms with van der Waals surface area (Å²) < 4.78 is 1.72. The van der Waals surface area contributed by atoms with Gasteiger partial charge in [0.2, 0.25) is 0 Å². The van der Waals surface area contributed by atoms with E-state index in [0.29, 0.717) is 12.1 Å². The van der Waals surface area contributed by atoms with E-state index in [9.17, 15) is 9.90 Å². The SMILES string of the molecule is Cn1cc(CNC(=O)[C@H](O)c2ccccc2)c(-c2ccccc2)n1. The summed E-state index contributed by atoms with van der Waals surface area (Å²) in [4.78, 5) is 12.2. The largest absolute Gasteiger partial charge is 0.378 e. The zero-order valence-corrected chi connectivity index (χ0v) is 13.4. The van der Waals surface area contributed by atoms with E-state index in [-0.39, 0.29) is 0 Å². The standard InChI is InChI=1S/C19H19N3O2/c1-22-13-16(17(21-22)14-8-4-2-5-9-14)12-20-19(24)18(23)15-10-6-3-7-11-15/h2-11,13,18,23H,12H2,1H3,(H,20,24)/t18-/m1/s1. The van der Waals surface area contributed by atoms with Gasteiger partial charge < -0.3 is 10.4 Å². The summed E-state index contributed by atoms with van der Waals surface area (Å²) in [7, 11) is 1.84. The van der Waals surface area contributed by atoms with Crippen molar-refractivity contribution in [1.29, 1.82) is 0 Å². The van der Waals surface area contributed by atoms with Gasteiger partial charge in [0.15, 0.2) is 6.10 Å². The van der Waals surface area contributed by atoms with Crippen LogP contribution in [0.3, 0.4) is 0 Å². The zero-order valence-electron chi connectivity index (χ0n) is 13.4. The van der Waals surface area contributed by atoms with Crippen molar-refractivity contribution in [2.75, 3.05) is 0 Å². The molecule has 5 heteroatoms. The van der Waals surface area contributed by atoms with E-state index < -0.39 is 12.0 Å². The third-order valence-corrected chi connectivity index (χ3v) is 3.77. The highest BCUT2D eigenvalue weighted by molar-refractivity contribution is 5.82. The van der Waals surface area contributed by atoms with Crippen molar-refractivity contribution in [3.63, 3.8) is 0 Å². The Morgan fingerprint density at radius 2 is 1.75 bits per heavy atom. The highest BCUT2D eigenvalue weighted by atomic mass is 16.3. The van der Waals surface area contributed by atoms with Crippen LogP contribution in [0.15, 0.2) is 66.9 Å². The second-order valence-corrected chi connectivity index (χ2v) is 5.57. The molecular weight excluding hydrogens is 302 g/mol. The molecule has 1 atom stereocenters. The molecule has 1 heterocycles. The Hall–Kier alpha value is -2.92. The van der Waals surface area contributed by atoms with Crippen molar-refractivity contribution < 1.29 is 9.90 Å². The van der Waals surface area contributed by atoms with Crippen LogP contribution < -0.4 is 5.32 Å². The van der Waals surface area contributed by atoms with Crippen LogP contribution in [-0.4, -0.2) is 20.8 Å². The van der Waals surface area contributed by atoms with Crippen LogP contribution in [0.2, 0.25) is 0 Å². The number of nitrogens with zero attached hydrogens (tertiary/aromatic N) is 2. The second-order valence-electron chi connectivity index (χ2n) is 5.57. The lowest BCUT2D eigenvalue weighted by molar-refractivity contribution is -0.129. The highest BCUT2D eigenvalue weighted by Crippen LogP contribution is 2.21. The molecule has 0 spiro atoms. The zero-order chi connectivity index (χ0) is 16.9. The molecule has 2 N–H and O–H groups in total. The lowest BCUT2D eigenvalue weighted by Crippen LogP contribution is -2.28. The third kappa shape index (κ3) is 3.52. The molecule has 0 saturated carbocycles. The number of benzene rings is 2. The lowest BCUT2D eigenvalue weighted by Gasteiger charge is -2.11. The van der Waals surface area contributed by atoms with Crippen molar-refractivity contribution in [3.05, 3.63) is 78.0 Å². The van der Waals surface area contributed by atoms with Gasteiger partial charge in [-0.2, -0.15) is 5.10 Å². The molecule has 0 bridgehead atoms. The van der Waals surface area contributed by atoms with Gasteiger partial charge in [0, 0.05) is 30.9 Å². The fourth-order valence-electron chi connectivity index (χ4n) is 2.57. The van der Waals surface area contributed by atoms with Crippen molar-refractivity contribution in [1.82, 2.24) is 15.1 Å². The van der Waals surface area contributed by atoms with Gasteiger partial charge in [-0.3, -0.25) is 9.48 Å². The molecule has 0 aliphatic carbocycles. The Morgan fingerprint density at radius 1 is 1.12 bits per heavy atom. The maximum Gasteiger partial charge on any atom is 0.253 e. The molecule has 0 saturated heterocycles. The molecule has 1 amide bonds.